The van der Waals surface area contributed by atoms with Gasteiger partial charge in [0.1, 0.15) is 0 Å². The second-order valence-corrected chi connectivity index (χ2v) is 13.5. The zero-order chi connectivity index (χ0) is 39.3. The van der Waals surface area contributed by atoms with Crippen LogP contribution in [0.4, 0.5) is 26.3 Å². The highest BCUT2D eigenvalue weighted by molar-refractivity contribution is 6.10. The lowest BCUT2D eigenvalue weighted by atomic mass is 9.94. The number of nitrogens with zero attached hydrogens (tertiary/aromatic N) is 4. The molecular weight excluding hydrogens is 735 g/mol. The molecule has 9 aromatic rings. The van der Waals surface area contributed by atoms with Crippen molar-refractivity contribution in [1.29, 1.82) is 0 Å². The molecule has 0 bridgehead atoms. The second-order valence-electron chi connectivity index (χ2n) is 13.5. The molecule has 9 rings (SSSR count). The number of benzene rings is 7. The fourth-order valence-electron chi connectivity index (χ4n) is 7.20. The molecule has 57 heavy (non-hydrogen) atoms. The first-order valence-electron chi connectivity index (χ1n) is 17.9. The molecule has 0 fully saturated rings. The summed E-state index contributed by atoms with van der Waals surface area (Å²) >= 11 is 0. The van der Waals surface area contributed by atoms with Crippen LogP contribution in [0, 0.1) is 0 Å². The highest BCUT2D eigenvalue weighted by atomic mass is 19.4. The Morgan fingerprint density at radius 3 is 1.44 bits per heavy atom. The summed E-state index contributed by atoms with van der Waals surface area (Å²) in [5.41, 5.74) is 2.44. The monoisotopic (exact) mass is 762 g/mol. The van der Waals surface area contributed by atoms with Crippen molar-refractivity contribution in [2.24, 2.45) is 0 Å². The molecule has 0 atom stereocenters. The average molecular weight is 763 g/mol. The van der Waals surface area contributed by atoms with Crippen molar-refractivity contribution in [3.63, 3.8) is 0 Å². The number of alkyl halides is 6. The minimum absolute atomic E-state index is 0.0680. The molecule has 2 heterocycles. The zero-order valence-corrected chi connectivity index (χ0v) is 29.7. The maximum atomic E-state index is 14.4. The number of aromatic nitrogens is 4. The quantitative estimate of drug-likeness (QED) is 0.158. The Kier molecular flexibility index (Phi) is 8.69. The van der Waals surface area contributed by atoms with E-state index in [1.807, 2.05) is 138 Å². The first kappa shape index (κ1) is 35.6. The van der Waals surface area contributed by atoms with Gasteiger partial charge in [0, 0.05) is 33.2 Å². The van der Waals surface area contributed by atoms with Gasteiger partial charge < -0.3 is 4.57 Å². The van der Waals surface area contributed by atoms with Crippen molar-refractivity contribution < 1.29 is 26.3 Å². The van der Waals surface area contributed by atoms with Gasteiger partial charge in [0.15, 0.2) is 17.5 Å². The topological polar surface area (TPSA) is 43.6 Å². The van der Waals surface area contributed by atoms with Crippen molar-refractivity contribution in [3.05, 3.63) is 181 Å². The zero-order valence-electron chi connectivity index (χ0n) is 29.7. The second kappa shape index (κ2) is 13.9. The van der Waals surface area contributed by atoms with Crippen LogP contribution in [0.2, 0.25) is 0 Å². The maximum Gasteiger partial charge on any atom is 0.416 e. The third-order valence-corrected chi connectivity index (χ3v) is 9.88. The highest BCUT2D eigenvalue weighted by Crippen LogP contribution is 2.43. The largest absolute Gasteiger partial charge is 0.416 e. The molecule has 0 aliphatic heterocycles. The highest BCUT2D eigenvalue weighted by Gasteiger charge is 2.37. The number of hydrogen-bond acceptors (Lipinski definition) is 3. The van der Waals surface area contributed by atoms with Crippen LogP contribution in [0.1, 0.15) is 11.1 Å². The number of fused-ring (bicyclic) bond motifs is 3. The van der Waals surface area contributed by atoms with Crippen LogP contribution in [-0.2, 0) is 12.4 Å². The van der Waals surface area contributed by atoms with Gasteiger partial charge in [0.25, 0.3) is 0 Å². The van der Waals surface area contributed by atoms with Crippen molar-refractivity contribution in [3.8, 4) is 62.1 Å². The SMILES string of the molecule is FC(F)(F)c1cc(-c2cc(-n3c4ccccc4c4ccc(-c5ccccc5)cc43)ccc2-c2nc(-c3ccccc3)nc(-c3ccccc3)n2)cc(C(F)(F)F)c1. The lowest BCUT2D eigenvalue weighted by Crippen LogP contribution is -2.11. The molecule has 0 radical (unpaired) electrons. The van der Waals surface area contributed by atoms with Gasteiger partial charge in [-0.3, -0.25) is 0 Å². The molecule has 7 aromatic carbocycles. The van der Waals surface area contributed by atoms with Gasteiger partial charge in [-0.25, -0.2) is 15.0 Å². The smallest absolute Gasteiger partial charge is 0.309 e. The maximum absolute atomic E-state index is 14.4. The van der Waals surface area contributed by atoms with Crippen LogP contribution in [-0.4, -0.2) is 19.5 Å². The molecule has 0 saturated heterocycles. The van der Waals surface area contributed by atoms with E-state index < -0.39 is 23.5 Å². The van der Waals surface area contributed by atoms with Gasteiger partial charge in [-0.05, 0) is 70.8 Å². The molecule has 0 spiro atoms. The number of para-hydroxylation sites is 1. The number of halogens is 6. The van der Waals surface area contributed by atoms with Gasteiger partial charge in [-0.15, -0.1) is 0 Å². The summed E-state index contributed by atoms with van der Waals surface area (Å²) in [6, 6.07) is 48.5. The van der Waals surface area contributed by atoms with Crippen molar-refractivity contribution in [2.75, 3.05) is 0 Å². The van der Waals surface area contributed by atoms with Crippen LogP contribution in [0.5, 0.6) is 0 Å². The van der Waals surface area contributed by atoms with Gasteiger partial charge in [-0.2, -0.15) is 26.3 Å². The lowest BCUT2D eigenvalue weighted by Gasteiger charge is -2.18. The first-order valence-corrected chi connectivity index (χ1v) is 17.9. The molecule has 0 amide bonds. The van der Waals surface area contributed by atoms with Crippen molar-refractivity contribution >= 4 is 21.8 Å². The molecule has 0 unspecified atom stereocenters. The van der Waals surface area contributed by atoms with E-state index in [-0.39, 0.29) is 40.2 Å². The predicted molar refractivity (Wildman–Crippen MR) is 211 cm³/mol. The van der Waals surface area contributed by atoms with Crippen molar-refractivity contribution in [1.82, 2.24) is 19.5 Å². The molecule has 0 N–H and O–H groups in total. The van der Waals surface area contributed by atoms with Crippen LogP contribution in [0.15, 0.2) is 170 Å². The first-order chi connectivity index (χ1) is 27.5. The van der Waals surface area contributed by atoms with Crippen molar-refractivity contribution in [2.45, 2.75) is 12.4 Å². The molecule has 10 heteroatoms. The van der Waals surface area contributed by atoms with Gasteiger partial charge >= 0.3 is 12.4 Å². The van der Waals surface area contributed by atoms with E-state index in [9.17, 15) is 26.3 Å². The molecular formula is C47H28F6N4. The average Bonchev–Trinajstić information content (AvgIpc) is 3.57. The summed E-state index contributed by atoms with van der Waals surface area (Å²) in [6.07, 6.45) is -10.1. The van der Waals surface area contributed by atoms with Crippen LogP contribution < -0.4 is 0 Å². The van der Waals surface area contributed by atoms with E-state index in [0.29, 0.717) is 16.8 Å². The Morgan fingerprint density at radius 1 is 0.351 bits per heavy atom. The summed E-state index contributed by atoms with van der Waals surface area (Å²) < 4.78 is 88.3. The number of rotatable bonds is 6. The van der Waals surface area contributed by atoms with E-state index in [2.05, 4.69) is 0 Å². The Hall–Kier alpha value is -7.07. The minimum Gasteiger partial charge on any atom is -0.309 e. The lowest BCUT2D eigenvalue weighted by molar-refractivity contribution is -0.143. The van der Waals surface area contributed by atoms with E-state index in [1.165, 1.54) is 0 Å². The van der Waals surface area contributed by atoms with E-state index in [4.69, 9.17) is 15.0 Å². The summed E-state index contributed by atoms with van der Waals surface area (Å²) in [7, 11) is 0. The van der Waals surface area contributed by atoms with E-state index in [0.717, 1.165) is 45.1 Å². The molecule has 0 aliphatic rings. The summed E-state index contributed by atoms with van der Waals surface area (Å²) in [5, 5.41) is 1.85. The standard InChI is InChI=1S/C47H28F6N4/c48-46(49,50)34-24-33(25-35(27-34)47(51,52)53)40-28-36(57-41-19-11-10-18-37(41)38-22-20-32(26-42(38)57)29-12-4-1-5-13-29)21-23-39(40)45-55-43(30-14-6-2-7-15-30)54-44(56-45)31-16-8-3-9-17-31/h1-28H. The molecule has 4 nitrogen and oxygen atoms in total. The third kappa shape index (κ3) is 6.80. The Balaban J connectivity index is 1.35. The van der Waals surface area contributed by atoms with E-state index >= 15 is 0 Å². The van der Waals surface area contributed by atoms with Gasteiger partial charge in [0.2, 0.25) is 0 Å². The van der Waals surface area contributed by atoms with Crippen LogP contribution in [0.3, 0.4) is 0 Å². The van der Waals surface area contributed by atoms with E-state index in [1.54, 1.807) is 18.2 Å². The fourth-order valence-corrected chi connectivity index (χ4v) is 7.20. The number of hydrogen-bond donors (Lipinski definition) is 0. The molecule has 0 aliphatic carbocycles. The Labute approximate surface area is 322 Å². The summed E-state index contributed by atoms with van der Waals surface area (Å²) in [4.78, 5) is 14.3. The molecule has 0 saturated carbocycles. The van der Waals surface area contributed by atoms with Crippen LogP contribution in [0.25, 0.3) is 83.9 Å². The van der Waals surface area contributed by atoms with Gasteiger partial charge in [-0.1, -0.05) is 121 Å². The normalized spacial score (nSPS) is 12.0. The predicted octanol–water partition coefficient (Wildman–Crippen LogP) is 13.3. The Bertz CT molecular complexity index is 2830. The molecule has 278 valence electrons. The molecule has 2 aromatic heterocycles. The van der Waals surface area contributed by atoms with Gasteiger partial charge in [0.05, 0.1) is 22.2 Å². The fraction of sp³-hybridized carbons (Fsp3) is 0.0426. The third-order valence-electron chi connectivity index (χ3n) is 9.88. The van der Waals surface area contributed by atoms with Crippen LogP contribution >= 0.6 is 0 Å². The summed E-state index contributed by atoms with van der Waals surface area (Å²) in [5.74, 6) is 0.638. The minimum atomic E-state index is -5.07. The Morgan fingerprint density at radius 2 is 0.860 bits per heavy atom. The summed E-state index contributed by atoms with van der Waals surface area (Å²) in [6.45, 7) is 0.